The Morgan fingerprint density at radius 3 is 2.35 bits per heavy atom. The predicted molar refractivity (Wildman–Crippen MR) is 80.0 cm³/mol. The van der Waals surface area contributed by atoms with Crippen LogP contribution in [-0.4, -0.2) is 5.78 Å². The third-order valence-electron chi connectivity index (χ3n) is 2.53. The van der Waals surface area contributed by atoms with E-state index in [2.05, 4.69) is 5.32 Å². The maximum Gasteiger partial charge on any atom is 0.187 e. The monoisotopic (exact) mass is 309 g/mol. The van der Waals surface area contributed by atoms with Crippen molar-refractivity contribution in [3.05, 3.63) is 76.2 Å². The number of rotatable bonds is 4. The summed E-state index contributed by atoms with van der Waals surface area (Å²) in [6.07, 6.45) is 2.69. The summed E-state index contributed by atoms with van der Waals surface area (Å²) in [4.78, 5) is 11.8. The molecule has 0 heterocycles. The van der Waals surface area contributed by atoms with Crippen LogP contribution in [0.25, 0.3) is 0 Å². The molecule has 1 N–H and O–H groups in total. The lowest BCUT2D eigenvalue weighted by molar-refractivity contribution is 0.104. The van der Waals surface area contributed by atoms with Crippen LogP contribution in [0.5, 0.6) is 0 Å². The number of halogens is 3. The molecule has 0 bridgehead atoms. The SMILES string of the molecule is O=C(/C=C\Nc1ccc(Cl)cc1F)c1ccc(Cl)cc1. The number of hydrogen-bond acceptors (Lipinski definition) is 2. The van der Waals surface area contributed by atoms with Gasteiger partial charge >= 0.3 is 0 Å². The molecule has 0 amide bonds. The van der Waals surface area contributed by atoms with E-state index in [-0.39, 0.29) is 11.5 Å². The van der Waals surface area contributed by atoms with Crippen LogP contribution in [0.4, 0.5) is 10.1 Å². The number of carbonyl (C=O) groups excluding carboxylic acids is 1. The van der Waals surface area contributed by atoms with E-state index in [0.29, 0.717) is 15.6 Å². The normalized spacial score (nSPS) is 10.8. The minimum Gasteiger partial charge on any atom is -0.359 e. The van der Waals surface area contributed by atoms with Gasteiger partial charge in [0.05, 0.1) is 5.69 Å². The lowest BCUT2D eigenvalue weighted by Crippen LogP contribution is -1.97. The second-order valence-electron chi connectivity index (χ2n) is 3.97. The first-order chi connectivity index (χ1) is 9.56. The van der Waals surface area contributed by atoms with Crippen LogP contribution < -0.4 is 5.32 Å². The summed E-state index contributed by atoms with van der Waals surface area (Å²) in [6, 6.07) is 10.8. The number of nitrogens with one attached hydrogen (secondary N) is 1. The number of ketones is 1. The van der Waals surface area contributed by atoms with Crippen LogP contribution in [0.3, 0.4) is 0 Å². The van der Waals surface area contributed by atoms with Crippen LogP contribution in [0.2, 0.25) is 10.0 Å². The molecule has 0 radical (unpaired) electrons. The first-order valence-electron chi connectivity index (χ1n) is 5.74. The third kappa shape index (κ3) is 3.83. The van der Waals surface area contributed by atoms with Gasteiger partial charge in [-0.1, -0.05) is 23.2 Å². The topological polar surface area (TPSA) is 29.1 Å². The third-order valence-corrected chi connectivity index (χ3v) is 3.02. The van der Waals surface area contributed by atoms with Crippen molar-refractivity contribution in [3.63, 3.8) is 0 Å². The molecule has 102 valence electrons. The van der Waals surface area contributed by atoms with Crippen molar-refractivity contribution in [3.8, 4) is 0 Å². The second-order valence-corrected chi connectivity index (χ2v) is 4.85. The van der Waals surface area contributed by atoms with Crippen molar-refractivity contribution in [2.45, 2.75) is 0 Å². The van der Waals surface area contributed by atoms with Gasteiger partial charge < -0.3 is 5.32 Å². The molecule has 0 aliphatic heterocycles. The van der Waals surface area contributed by atoms with Crippen LogP contribution in [0.1, 0.15) is 10.4 Å². The Balaban J connectivity index is 2.02. The van der Waals surface area contributed by atoms with Crippen molar-refractivity contribution in [2.24, 2.45) is 0 Å². The molecule has 20 heavy (non-hydrogen) atoms. The van der Waals surface area contributed by atoms with Gasteiger partial charge in [-0.2, -0.15) is 0 Å². The Morgan fingerprint density at radius 2 is 1.70 bits per heavy atom. The molecule has 0 saturated carbocycles. The van der Waals surface area contributed by atoms with E-state index in [1.165, 1.54) is 24.4 Å². The average Bonchev–Trinajstić information content (AvgIpc) is 2.42. The van der Waals surface area contributed by atoms with Crippen LogP contribution in [0, 0.1) is 5.82 Å². The molecule has 2 rings (SSSR count). The summed E-state index contributed by atoms with van der Waals surface area (Å²) < 4.78 is 13.5. The van der Waals surface area contributed by atoms with Gasteiger partial charge in [-0.25, -0.2) is 4.39 Å². The summed E-state index contributed by atoms with van der Waals surface area (Å²) in [5, 5.41) is 3.57. The average molecular weight is 310 g/mol. The van der Waals surface area contributed by atoms with E-state index < -0.39 is 5.82 Å². The molecule has 0 unspecified atom stereocenters. The quantitative estimate of drug-likeness (QED) is 0.640. The number of carbonyl (C=O) groups is 1. The molecule has 5 heteroatoms. The van der Waals surface area contributed by atoms with Gasteiger partial charge in [-0.15, -0.1) is 0 Å². The molecule has 0 aliphatic rings. The summed E-state index contributed by atoms with van der Waals surface area (Å²) in [5.41, 5.74) is 0.749. The summed E-state index contributed by atoms with van der Waals surface area (Å²) in [7, 11) is 0. The summed E-state index contributed by atoms with van der Waals surface area (Å²) in [5.74, 6) is -0.690. The first kappa shape index (κ1) is 14.6. The summed E-state index contributed by atoms with van der Waals surface area (Å²) in [6.45, 7) is 0. The highest BCUT2D eigenvalue weighted by Gasteiger charge is 2.02. The first-order valence-corrected chi connectivity index (χ1v) is 6.50. The Hall–Kier alpha value is -1.84. The van der Waals surface area contributed by atoms with Crippen molar-refractivity contribution in [1.82, 2.24) is 0 Å². The van der Waals surface area contributed by atoms with Gasteiger partial charge in [0.25, 0.3) is 0 Å². The maximum absolute atomic E-state index is 13.5. The lowest BCUT2D eigenvalue weighted by atomic mass is 10.1. The molecule has 0 aliphatic carbocycles. The molecular formula is C15H10Cl2FNO. The van der Waals surface area contributed by atoms with Gasteiger partial charge in [0, 0.05) is 27.9 Å². The Morgan fingerprint density at radius 1 is 1.05 bits per heavy atom. The van der Waals surface area contributed by atoms with Gasteiger partial charge in [0.2, 0.25) is 0 Å². The van der Waals surface area contributed by atoms with Gasteiger partial charge in [0.15, 0.2) is 5.78 Å². The Labute approximate surface area is 125 Å². The number of allylic oxidation sites excluding steroid dienone is 1. The minimum atomic E-state index is -0.485. The van der Waals surface area contributed by atoms with E-state index in [9.17, 15) is 9.18 Å². The Kier molecular flexibility index (Phi) is 4.77. The zero-order valence-corrected chi connectivity index (χ0v) is 11.8. The highest BCUT2D eigenvalue weighted by Crippen LogP contribution is 2.18. The number of hydrogen-bond donors (Lipinski definition) is 1. The fraction of sp³-hybridized carbons (Fsp3) is 0. The van der Waals surface area contributed by atoms with E-state index in [4.69, 9.17) is 23.2 Å². The molecule has 0 spiro atoms. The fourth-order valence-electron chi connectivity index (χ4n) is 1.52. The maximum atomic E-state index is 13.5. The van der Waals surface area contributed by atoms with Crippen LogP contribution in [-0.2, 0) is 0 Å². The summed E-state index contributed by atoms with van der Waals surface area (Å²) >= 11 is 11.4. The van der Waals surface area contributed by atoms with Crippen molar-refractivity contribution >= 4 is 34.7 Å². The molecule has 2 aromatic carbocycles. The molecule has 2 nitrogen and oxygen atoms in total. The van der Waals surface area contributed by atoms with E-state index in [1.807, 2.05) is 0 Å². The molecule has 0 atom stereocenters. The molecule has 2 aromatic rings. The van der Waals surface area contributed by atoms with E-state index in [1.54, 1.807) is 30.3 Å². The van der Waals surface area contributed by atoms with Crippen molar-refractivity contribution in [1.29, 1.82) is 0 Å². The largest absolute Gasteiger partial charge is 0.359 e. The lowest BCUT2D eigenvalue weighted by Gasteiger charge is -2.02. The zero-order valence-electron chi connectivity index (χ0n) is 10.2. The standard InChI is InChI=1S/C15H10Cl2FNO/c16-11-3-1-10(2-4-11)15(20)7-8-19-14-6-5-12(17)9-13(14)18/h1-9,19H/b8-7-. The van der Waals surface area contributed by atoms with Crippen LogP contribution >= 0.6 is 23.2 Å². The Bertz CT molecular complexity index is 653. The highest BCUT2D eigenvalue weighted by molar-refractivity contribution is 6.31. The highest BCUT2D eigenvalue weighted by atomic mass is 35.5. The fourth-order valence-corrected chi connectivity index (χ4v) is 1.81. The minimum absolute atomic E-state index is 0.205. The van der Waals surface area contributed by atoms with Gasteiger partial charge in [-0.3, -0.25) is 4.79 Å². The zero-order chi connectivity index (χ0) is 14.5. The van der Waals surface area contributed by atoms with Gasteiger partial charge in [-0.05, 0) is 42.5 Å². The van der Waals surface area contributed by atoms with E-state index in [0.717, 1.165) is 0 Å². The molecular weight excluding hydrogens is 300 g/mol. The van der Waals surface area contributed by atoms with E-state index >= 15 is 0 Å². The smallest absolute Gasteiger partial charge is 0.187 e. The predicted octanol–water partition coefficient (Wildman–Crippen LogP) is 4.94. The van der Waals surface area contributed by atoms with Crippen molar-refractivity contribution < 1.29 is 9.18 Å². The molecule has 0 saturated heterocycles. The number of benzene rings is 2. The molecule has 0 fully saturated rings. The molecule has 0 aromatic heterocycles. The van der Waals surface area contributed by atoms with Crippen LogP contribution in [0.15, 0.2) is 54.7 Å². The van der Waals surface area contributed by atoms with Crippen molar-refractivity contribution in [2.75, 3.05) is 5.32 Å². The van der Waals surface area contributed by atoms with Gasteiger partial charge in [0.1, 0.15) is 5.82 Å². The second kappa shape index (κ2) is 6.55. The number of anilines is 1.